The summed E-state index contributed by atoms with van der Waals surface area (Å²) in [5, 5.41) is 6.78. The van der Waals surface area contributed by atoms with Crippen molar-refractivity contribution in [3.63, 3.8) is 0 Å². The molecule has 2 fully saturated rings. The van der Waals surface area contributed by atoms with E-state index in [0.717, 1.165) is 54.9 Å². The molecule has 5 aromatic rings. The predicted molar refractivity (Wildman–Crippen MR) is 206 cm³/mol. The van der Waals surface area contributed by atoms with E-state index in [1.165, 1.54) is 18.5 Å². The van der Waals surface area contributed by atoms with Crippen molar-refractivity contribution < 1.29 is 27.4 Å². The Balaban J connectivity index is 0.933. The van der Waals surface area contributed by atoms with Crippen LogP contribution < -0.4 is 41.7 Å². The van der Waals surface area contributed by atoms with Crippen LogP contribution >= 0.6 is 0 Å². The van der Waals surface area contributed by atoms with E-state index in [4.69, 9.17) is 40.9 Å². The van der Waals surface area contributed by atoms with Crippen molar-refractivity contribution in [3.05, 3.63) is 107 Å². The molecule has 3 heterocycles. The average molecular weight is 722 g/mol. The number of carbonyl (C=O) groups excluding carboxylic acids is 1. The number of carbonyl (C=O) groups is 1. The topological polar surface area (TPSA) is 84.8 Å². The number of rotatable bonds is 10. The summed E-state index contributed by atoms with van der Waals surface area (Å²) < 4.78 is 57.0. The van der Waals surface area contributed by atoms with E-state index in [1.54, 1.807) is 23.1 Å². The number of piperazine rings is 1. The summed E-state index contributed by atoms with van der Waals surface area (Å²) in [6.45, 7) is 6.01. The first kappa shape index (κ1) is 37.2. The third-order valence-electron chi connectivity index (χ3n) is 10.1. The number of benzene rings is 4. The molecule has 4 aromatic carbocycles. The van der Waals surface area contributed by atoms with Gasteiger partial charge in [-0.1, -0.05) is 27.9 Å². The van der Waals surface area contributed by atoms with Crippen LogP contribution in [0.4, 0.5) is 30.2 Å². The molecular formula is C38H33B4F3N6O3. The van der Waals surface area contributed by atoms with Gasteiger partial charge < -0.3 is 24.6 Å². The minimum atomic E-state index is -1.04. The van der Waals surface area contributed by atoms with Crippen LogP contribution in [0.3, 0.4) is 0 Å². The van der Waals surface area contributed by atoms with Crippen LogP contribution in [0.5, 0.6) is 5.75 Å². The van der Waals surface area contributed by atoms with Crippen LogP contribution in [0.25, 0.3) is 0 Å². The SMILES string of the molecule is [B]c1c([B])c(NC(=O)c2ccc(N3CCN(c4ccc(OC[C@@H]5CO[C@@](Cn6cncn6)(c6ccc(F)cc6F)C5)c(C)c4)CC3)cc2)c([B])c([B])c1F. The number of amides is 1. The van der Waals surface area contributed by atoms with E-state index in [9.17, 15) is 13.6 Å². The zero-order valence-corrected chi connectivity index (χ0v) is 29.6. The second-order valence-corrected chi connectivity index (χ2v) is 13.7. The molecule has 2 atom stereocenters. The van der Waals surface area contributed by atoms with Gasteiger partial charge in [0, 0.05) is 66.4 Å². The molecule has 0 bridgehead atoms. The third-order valence-corrected chi connectivity index (χ3v) is 10.1. The Bertz CT molecular complexity index is 2140. The number of nitrogens with zero attached hydrogens (tertiary/aromatic N) is 5. The number of halogens is 3. The maximum absolute atomic E-state index is 15.0. The standard InChI is InChI=1S/C38H33B4F3N6O3/c1-22-14-27(7-9-30(22)53-17-23-16-38(54-18-23,19-51-21-46-20-47-51)28-8-4-25(43)15-29(28)44)50-12-10-49(11-13-50)26-5-2-24(3-6-26)37(52)48-36-33(41)31(39)35(45)32(40)34(36)42/h2-9,14-15,20-21,23H,10-13,16-19H2,1H3,(H,48,52)/t23-,38+/m1/s1. The van der Waals surface area contributed by atoms with Gasteiger partial charge >= 0.3 is 0 Å². The van der Waals surface area contributed by atoms with E-state index in [0.29, 0.717) is 25.2 Å². The number of ether oxygens (including phenoxy) is 2. The third kappa shape index (κ3) is 7.48. The summed E-state index contributed by atoms with van der Waals surface area (Å²) in [5.74, 6) is -2.02. The fourth-order valence-corrected chi connectivity index (χ4v) is 7.15. The number of hydrogen-bond donors (Lipinski definition) is 1. The molecule has 7 rings (SSSR count). The second-order valence-electron chi connectivity index (χ2n) is 13.7. The lowest BCUT2D eigenvalue weighted by Crippen LogP contribution is -2.47. The molecule has 0 aliphatic carbocycles. The smallest absolute Gasteiger partial charge is 0.255 e. The number of nitrogens with one attached hydrogen (secondary N) is 1. The highest BCUT2D eigenvalue weighted by Gasteiger charge is 2.44. The van der Waals surface area contributed by atoms with Crippen molar-refractivity contribution in [1.29, 1.82) is 0 Å². The second kappa shape index (κ2) is 15.3. The summed E-state index contributed by atoms with van der Waals surface area (Å²) in [7, 11) is 23.2. The van der Waals surface area contributed by atoms with Gasteiger partial charge in [-0.3, -0.25) is 4.79 Å². The normalized spacial score (nSPS) is 18.6. The van der Waals surface area contributed by atoms with Crippen LogP contribution in [0.1, 0.15) is 27.9 Å². The van der Waals surface area contributed by atoms with Crippen molar-refractivity contribution >= 4 is 76.2 Å². The Labute approximate surface area is 316 Å². The van der Waals surface area contributed by atoms with Gasteiger partial charge in [-0.15, -0.1) is 0 Å². The number of aryl methyl sites for hydroxylation is 1. The Morgan fingerprint density at radius 1 is 0.907 bits per heavy atom. The monoisotopic (exact) mass is 722 g/mol. The number of hydrogen-bond acceptors (Lipinski definition) is 7. The van der Waals surface area contributed by atoms with E-state index in [1.807, 2.05) is 31.2 Å². The average Bonchev–Trinajstić information content (AvgIpc) is 3.85. The predicted octanol–water partition coefficient (Wildman–Crippen LogP) is 1.77. The first-order valence-electron chi connectivity index (χ1n) is 17.4. The van der Waals surface area contributed by atoms with Crippen LogP contribution in [0.2, 0.25) is 0 Å². The highest BCUT2D eigenvalue weighted by molar-refractivity contribution is 6.60. The van der Waals surface area contributed by atoms with Gasteiger partial charge in [0.15, 0.2) is 0 Å². The first-order chi connectivity index (χ1) is 25.9. The quantitative estimate of drug-likeness (QED) is 0.220. The molecule has 1 N–H and O–H groups in total. The Morgan fingerprint density at radius 2 is 1.57 bits per heavy atom. The Hall–Kier alpha value is -5.10. The van der Waals surface area contributed by atoms with Gasteiger partial charge in [0.1, 0.15) is 72.8 Å². The first-order valence-corrected chi connectivity index (χ1v) is 17.4. The Kier molecular flexibility index (Phi) is 10.6. The summed E-state index contributed by atoms with van der Waals surface area (Å²) in [6.07, 6.45) is 3.41. The lowest BCUT2D eigenvalue weighted by atomic mass is 9.68. The fraction of sp³-hybridized carbons (Fsp3) is 0.289. The molecule has 16 heteroatoms. The van der Waals surface area contributed by atoms with E-state index >= 15 is 4.39 Å². The van der Waals surface area contributed by atoms with E-state index < -0.39 is 29.0 Å². The molecule has 1 aromatic heterocycles. The molecule has 54 heavy (non-hydrogen) atoms. The maximum atomic E-state index is 15.0. The van der Waals surface area contributed by atoms with Crippen molar-refractivity contribution in [2.45, 2.75) is 25.5 Å². The van der Waals surface area contributed by atoms with Crippen LogP contribution in [0.15, 0.2) is 73.3 Å². The molecule has 2 saturated heterocycles. The van der Waals surface area contributed by atoms with Crippen molar-refractivity contribution in [2.24, 2.45) is 5.92 Å². The molecule has 9 nitrogen and oxygen atoms in total. The van der Waals surface area contributed by atoms with Gasteiger partial charge in [0.2, 0.25) is 0 Å². The zero-order chi connectivity index (χ0) is 38.1. The van der Waals surface area contributed by atoms with Gasteiger partial charge in [-0.2, -0.15) is 5.10 Å². The maximum Gasteiger partial charge on any atom is 0.255 e. The molecule has 8 radical (unpaired) electrons. The van der Waals surface area contributed by atoms with Gasteiger partial charge in [0.05, 0.1) is 19.8 Å². The van der Waals surface area contributed by atoms with Gasteiger partial charge in [-0.25, -0.2) is 22.8 Å². The summed E-state index contributed by atoms with van der Waals surface area (Å²) in [4.78, 5) is 21.5. The molecule has 2 aliphatic rings. The van der Waals surface area contributed by atoms with Gasteiger partial charge in [-0.05, 0) is 67.4 Å². The zero-order valence-electron chi connectivity index (χ0n) is 29.6. The van der Waals surface area contributed by atoms with Crippen molar-refractivity contribution in [1.82, 2.24) is 14.8 Å². The molecule has 266 valence electrons. The number of anilines is 3. The van der Waals surface area contributed by atoms with Crippen LogP contribution in [0, 0.1) is 30.3 Å². The highest BCUT2D eigenvalue weighted by Crippen LogP contribution is 2.42. The minimum absolute atomic E-state index is 0.0299. The fourth-order valence-electron chi connectivity index (χ4n) is 7.15. The largest absolute Gasteiger partial charge is 0.493 e. The molecule has 0 saturated carbocycles. The summed E-state index contributed by atoms with van der Waals surface area (Å²) >= 11 is 0. The van der Waals surface area contributed by atoms with Crippen molar-refractivity contribution in [3.8, 4) is 5.75 Å². The van der Waals surface area contributed by atoms with Crippen molar-refractivity contribution in [2.75, 3.05) is 54.5 Å². The molecular weight excluding hydrogens is 689 g/mol. The Morgan fingerprint density at radius 3 is 2.20 bits per heavy atom. The van der Waals surface area contributed by atoms with E-state index in [-0.39, 0.29) is 45.6 Å². The highest BCUT2D eigenvalue weighted by atomic mass is 19.1. The minimum Gasteiger partial charge on any atom is -0.493 e. The molecule has 2 aliphatic heterocycles. The van der Waals surface area contributed by atoms with Crippen LogP contribution in [-0.4, -0.2) is 91.4 Å². The molecule has 0 spiro atoms. The van der Waals surface area contributed by atoms with Crippen LogP contribution in [-0.2, 0) is 16.9 Å². The van der Waals surface area contributed by atoms with Gasteiger partial charge in [0.25, 0.3) is 5.91 Å². The lowest BCUT2D eigenvalue weighted by Gasteiger charge is -2.37. The summed E-state index contributed by atoms with van der Waals surface area (Å²) in [5.41, 5.74) is 1.43. The molecule has 0 unspecified atom stereocenters. The van der Waals surface area contributed by atoms with E-state index in [2.05, 4.69) is 31.3 Å². The summed E-state index contributed by atoms with van der Waals surface area (Å²) in [6, 6.07) is 16.8. The number of aromatic nitrogens is 3. The lowest BCUT2D eigenvalue weighted by molar-refractivity contribution is -0.0206. The molecule has 1 amide bonds.